The summed E-state index contributed by atoms with van der Waals surface area (Å²) in [6.07, 6.45) is 0. The first-order valence-corrected chi connectivity index (χ1v) is 16.9. The Balaban J connectivity index is 1.15. The second-order valence-corrected chi connectivity index (χ2v) is 13.0. The average Bonchev–Trinajstić information content (AvgIpc) is 3.53. The van der Waals surface area contributed by atoms with Crippen molar-refractivity contribution >= 4 is 54.1 Å². The van der Waals surface area contributed by atoms with Crippen molar-refractivity contribution in [3.63, 3.8) is 0 Å². The fourth-order valence-corrected chi connectivity index (χ4v) is 7.86. The van der Waals surface area contributed by atoms with E-state index in [9.17, 15) is 0 Å². The molecule has 9 aromatic carbocycles. The molecule has 10 rings (SSSR count). The number of aromatic amines is 1. The van der Waals surface area contributed by atoms with E-state index >= 15 is 0 Å². The highest BCUT2D eigenvalue weighted by molar-refractivity contribution is 6.21. The maximum atomic E-state index is 3.71. The van der Waals surface area contributed by atoms with Crippen molar-refractivity contribution in [3.05, 3.63) is 182 Å². The van der Waals surface area contributed by atoms with Gasteiger partial charge < -0.3 is 4.98 Å². The minimum atomic E-state index is 1.16. The van der Waals surface area contributed by atoms with Crippen LogP contribution >= 0.6 is 0 Å². The Morgan fingerprint density at radius 1 is 0.245 bits per heavy atom. The van der Waals surface area contributed by atoms with Crippen molar-refractivity contribution in [2.24, 2.45) is 0 Å². The summed E-state index contributed by atoms with van der Waals surface area (Å²) in [5, 5.41) is 10.1. The molecule has 0 fully saturated rings. The van der Waals surface area contributed by atoms with E-state index in [2.05, 4.69) is 187 Å². The van der Waals surface area contributed by atoms with E-state index in [1.807, 2.05) is 0 Å². The first-order chi connectivity index (χ1) is 24.3. The smallest absolute Gasteiger partial charge is 0.0471 e. The lowest BCUT2D eigenvalue weighted by Gasteiger charge is -2.18. The third-order valence-electron chi connectivity index (χ3n) is 10.1. The van der Waals surface area contributed by atoms with Crippen molar-refractivity contribution < 1.29 is 0 Å². The van der Waals surface area contributed by atoms with Gasteiger partial charge in [-0.05, 0) is 107 Å². The second-order valence-electron chi connectivity index (χ2n) is 13.0. The van der Waals surface area contributed by atoms with E-state index in [1.54, 1.807) is 0 Å². The van der Waals surface area contributed by atoms with Crippen LogP contribution in [0.4, 0.5) is 0 Å². The molecule has 10 aromatic rings. The lowest BCUT2D eigenvalue weighted by atomic mass is 9.85. The van der Waals surface area contributed by atoms with E-state index in [0.29, 0.717) is 0 Å². The van der Waals surface area contributed by atoms with Crippen LogP contribution in [-0.4, -0.2) is 4.98 Å². The molecule has 0 spiro atoms. The Labute approximate surface area is 284 Å². The van der Waals surface area contributed by atoms with E-state index in [0.717, 1.165) is 5.52 Å². The zero-order valence-corrected chi connectivity index (χ0v) is 26.8. The van der Waals surface area contributed by atoms with E-state index in [-0.39, 0.29) is 0 Å². The van der Waals surface area contributed by atoms with Crippen LogP contribution in [0.5, 0.6) is 0 Å². The molecule has 1 heterocycles. The predicted molar refractivity (Wildman–Crippen MR) is 210 cm³/mol. The van der Waals surface area contributed by atoms with Gasteiger partial charge in [0.1, 0.15) is 0 Å². The lowest BCUT2D eigenvalue weighted by Crippen LogP contribution is -1.91. The molecule has 0 unspecified atom stereocenters. The van der Waals surface area contributed by atoms with Gasteiger partial charge >= 0.3 is 0 Å². The van der Waals surface area contributed by atoms with Gasteiger partial charge in [-0.2, -0.15) is 0 Å². The molecule has 0 saturated carbocycles. The first kappa shape index (κ1) is 27.7. The van der Waals surface area contributed by atoms with Crippen molar-refractivity contribution in [3.8, 4) is 44.5 Å². The van der Waals surface area contributed by atoms with Gasteiger partial charge in [0, 0.05) is 21.8 Å². The third-order valence-corrected chi connectivity index (χ3v) is 10.1. The summed E-state index contributed by atoms with van der Waals surface area (Å²) >= 11 is 0. The highest BCUT2D eigenvalue weighted by atomic mass is 14.7. The van der Waals surface area contributed by atoms with E-state index in [4.69, 9.17) is 0 Å². The number of benzene rings is 9. The SMILES string of the molecule is c1ccc(-c2cccc(-c3c4ccccc4c(-c4cccc(-c5ccc6c(c5)[nH]c5cc7ccccc7cc56)c4)c4ccccc34)c2)cc1. The van der Waals surface area contributed by atoms with Gasteiger partial charge in [0.25, 0.3) is 0 Å². The van der Waals surface area contributed by atoms with Crippen molar-refractivity contribution in [1.82, 2.24) is 4.98 Å². The molecule has 1 heteroatoms. The maximum Gasteiger partial charge on any atom is 0.0471 e. The Morgan fingerprint density at radius 3 is 1.31 bits per heavy atom. The summed E-state index contributed by atoms with van der Waals surface area (Å²) in [5.41, 5.74) is 12.2. The number of fused-ring (bicyclic) bond motifs is 6. The summed E-state index contributed by atoms with van der Waals surface area (Å²) < 4.78 is 0. The van der Waals surface area contributed by atoms with Gasteiger partial charge in [-0.3, -0.25) is 0 Å². The summed E-state index contributed by atoms with van der Waals surface area (Å²) in [6, 6.07) is 66.5. The van der Waals surface area contributed by atoms with Crippen molar-refractivity contribution in [2.75, 3.05) is 0 Å². The van der Waals surface area contributed by atoms with Gasteiger partial charge in [-0.1, -0.05) is 152 Å². The number of hydrogen-bond acceptors (Lipinski definition) is 0. The number of nitrogens with one attached hydrogen (secondary N) is 1. The quantitative estimate of drug-likeness (QED) is 0.188. The first-order valence-electron chi connectivity index (χ1n) is 16.9. The molecule has 0 aliphatic rings. The molecule has 0 radical (unpaired) electrons. The number of aromatic nitrogens is 1. The Morgan fingerprint density at radius 2 is 0.694 bits per heavy atom. The maximum absolute atomic E-state index is 3.71. The minimum Gasteiger partial charge on any atom is -0.354 e. The Bertz CT molecular complexity index is 2820. The normalized spacial score (nSPS) is 11.7. The van der Waals surface area contributed by atoms with Crippen LogP contribution < -0.4 is 0 Å². The summed E-state index contributed by atoms with van der Waals surface area (Å²) in [4.78, 5) is 3.71. The number of H-pyrrole nitrogens is 1. The van der Waals surface area contributed by atoms with Crippen LogP contribution in [0.1, 0.15) is 0 Å². The van der Waals surface area contributed by atoms with Crippen LogP contribution in [0.15, 0.2) is 182 Å². The van der Waals surface area contributed by atoms with Crippen molar-refractivity contribution in [2.45, 2.75) is 0 Å². The zero-order chi connectivity index (χ0) is 32.3. The Hall–Kier alpha value is -6.44. The van der Waals surface area contributed by atoms with Crippen molar-refractivity contribution in [1.29, 1.82) is 0 Å². The van der Waals surface area contributed by atoms with E-state index < -0.39 is 0 Å². The summed E-state index contributed by atoms with van der Waals surface area (Å²) in [7, 11) is 0. The largest absolute Gasteiger partial charge is 0.354 e. The molecule has 0 atom stereocenters. The lowest BCUT2D eigenvalue weighted by molar-refractivity contribution is 1.55. The third kappa shape index (κ3) is 4.55. The standard InChI is InChI=1S/C48H31N/c1-2-12-31(13-3-1)32-16-10-18-37(26-32)47-40-20-6-8-22-42(40)48(43-23-9-7-21-41(43)47)38-19-11-17-33(27-38)36-24-25-39-44-28-34-14-4-5-15-35(34)29-46(44)49-45(39)30-36/h1-30,49H. The highest BCUT2D eigenvalue weighted by Gasteiger charge is 2.17. The second kappa shape index (κ2) is 11.1. The Kier molecular flexibility index (Phi) is 6.25. The predicted octanol–water partition coefficient (Wildman–Crippen LogP) is 13.4. The van der Waals surface area contributed by atoms with Gasteiger partial charge in [-0.25, -0.2) is 0 Å². The fraction of sp³-hybridized carbons (Fsp3) is 0. The molecular weight excluding hydrogens is 591 g/mol. The summed E-state index contributed by atoms with van der Waals surface area (Å²) in [5.74, 6) is 0. The molecule has 1 N–H and O–H groups in total. The van der Waals surface area contributed by atoms with Gasteiger partial charge in [-0.15, -0.1) is 0 Å². The van der Waals surface area contributed by atoms with Crippen LogP contribution in [0, 0.1) is 0 Å². The molecule has 0 saturated heterocycles. The monoisotopic (exact) mass is 621 g/mol. The highest BCUT2D eigenvalue weighted by Crippen LogP contribution is 2.45. The van der Waals surface area contributed by atoms with Gasteiger partial charge in [0.2, 0.25) is 0 Å². The number of hydrogen-bond donors (Lipinski definition) is 1. The van der Waals surface area contributed by atoms with Gasteiger partial charge in [0.05, 0.1) is 0 Å². The summed E-state index contributed by atoms with van der Waals surface area (Å²) in [6.45, 7) is 0. The zero-order valence-electron chi connectivity index (χ0n) is 26.8. The van der Waals surface area contributed by atoms with Gasteiger partial charge in [0.15, 0.2) is 0 Å². The molecule has 0 bridgehead atoms. The molecule has 0 aliphatic heterocycles. The molecule has 0 amide bonds. The van der Waals surface area contributed by atoms with Crippen LogP contribution in [0.25, 0.3) is 98.6 Å². The van der Waals surface area contributed by atoms with Crippen LogP contribution in [-0.2, 0) is 0 Å². The minimum absolute atomic E-state index is 1.16. The fourth-order valence-electron chi connectivity index (χ4n) is 7.86. The molecule has 1 nitrogen and oxygen atoms in total. The van der Waals surface area contributed by atoms with Crippen LogP contribution in [0.3, 0.4) is 0 Å². The molecule has 0 aliphatic carbocycles. The average molecular weight is 622 g/mol. The molecule has 1 aromatic heterocycles. The van der Waals surface area contributed by atoms with Crippen LogP contribution in [0.2, 0.25) is 0 Å². The number of rotatable bonds is 4. The molecular formula is C48H31N. The molecule has 49 heavy (non-hydrogen) atoms. The topological polar surface area (TPSA) is 15.8 Å². The van der Waals surface area contributed by atoms with E-state index in [1.165, 1.54) is 93.1 Å². The molecule has 228 valence electrons.